The summed E-state index contributed by atoms with van der Waals surface area (Å²) in [6, 6.07) is 13.3. The van der Waals surface area contributed by atoms with E-state index in [1.807, 2.05) is 12.3 Å². The topological polar surface area (TPSA) is 45.7 Å². The molecule has 9 heteroatoms. The van der Waals surface area contributed by atoms with Gasteiger partial charge in [-0.25, -0.2) is 4.98 Å². The number of hydrogen-bond acceptors (Lipinski definition) is 6. The molecule has 160 valence electrons. The number of hydrogen-bond donors (Lipinski definition) is 0. The number of rotatable bonds is 6. The first-order valence-electron chi connectivity index (χ1n) is 9.47. The van der Waals surface area contributed by atoms with Gasteiger partial charge in [-0.1, -0.05) is 35.1 Å². The summed E-state index contributed by atoms with van der Waals surface area (Å²) < 4.78 is 6.52. The third-order valence-electron chi connectivity index (χ3n) is 4.88. The molecule has 1 aliphatic rings. The molecular weight excluding hydrogens is 461 g/mol. The van der Waals surface area contributed by atoms with Crippen molar-refractivity contribution in [3.05, 3.63) is 53.1 Å². The molecule has 1 saturated heterocycles. The molecule has 0 N–H and O–H groups in total. The van der Waals surface area contributed by atoms with Crippen molar-refractivity contribution in [2.75, 3.05) is 50.5 Å². The summed E-state index contributed by atoms with van der Waals surface area (Å²) in [7, 11) is 0. The highest BCUT2D eigenvalue weighted by Gasteiger charge is 2.23. The van der Waals surface area contributed by atoms with Gasteiger partial charge in [-0.15, -0.1) is 24.2 Å². The maximum Gasteiger partial charge on any atom is 0.260 e. The van der Waals surface area contributed by atoms with E-state index in [9.17, 15) is 4.79 Å². The van der Waals surface area contributed by atoms with Crippen LogP contribution in [-0.2, 0) is 4.74 Å². The number of thioether (sulfide) groups is 1. The third-order valence-corrected chi connectivity index (χ3v) is 6.93. The van der Waals surface area contributed by atoms with E-state index >= 15 is 0 Å². The Kier molecular flexibility index (Phi) is 8.39. The van der Waals surface area contributed by atoms with Crippen LogP contribution in [0.25, 0.3) is 10.2 Å². The van der Waals surface area contributed by atoms with E-state index in [0.717, 1.165) is 53.1 Å². The van der Waals surface area contributed by atoms with E-state index in [1.54, 1.807) is 52.3 Å². The molecule has 30 heavy (non-hydrogen) atoms. The van der Waals surface area contributed by atoms with Crippen molar-refractivity contribution in [2.45, 2.75) is 4.90 Å². The lowest BCUT2D eigenvalue weighted by molar-refractivity contribution is 0.0391. The summed E-state index contributed by atoms with van der Waals surface area (Å²) in [5, 5.41) is 1.28. The van der Waals surface area contributed by atoms with Gasteiger partial charge in [-0.05, 0) is 36.6 Å². The summed E-state index contributed by atoms with van der Waals surface area (Å²) in [6.45, 7) is 4.59. The number of halogens is 2. The Morgan fingerprint density at radius 2 is 2.03 bits per heavy atom. The molecule has 0 unspecified atom stereocenters. The number of morpholine rings is 1. The van der Waals surface area contributed by atoms with E-state index in [1.165, 1.54) is 0 Å². The molecule has 0 atom stereocenters. The van der Waals surface area contributed by atoms with Gasteiger partial charge in [-0.2, -0.15) is 0 Å². The van der Waals surface area contributed by atoms with Crippen LogP contribution in [0.1, 0.15) is 10.4 Å². The van der Waals surface area contributed by atoms with Crippen molar-refractivity contribution in [1.29, 1.82) is 0 Å². The fourth-order valence-corrected chi connectivity index (χ4v) is 5.15. The molecule has 0 bridgehead atoms. The van der Waals surface area contributed by atoms with E-state index in [0.29, 0.717) is 17.1 Å². The molecule has 4 rings (SSSR count). The number of ether oxygens (including phenoxy) is 1. The Labute approximate surface area is 195 Å². The summed E-state index contributed by atoms with van der Waals surface area (Å²) in [6.07, 6.45) is 2.04. The zero-order chi connectivity index (χ0) is 20.2. The Balaban J connectivity index is 0.00000256. The molecule has 1 aliphatic heterocycles. The molecule has 3 aromatic rings. The number of anilines is 1. The minimum absolute atomic E-state index is 0. The zero-order valence-corrected chi connectivity index (χ0v) is 19.8. The molecule has 1 aromatic heterocycles. The Bertz CT molecular complexity index is 1010. The lowest BCUT2D eigenvalue weighted by atomic mass is 10.2. The molecule has 2 aromatic carbocycles. The molecule has 0 saturated carbocycles. The van der Waals surface area contributed by atoms with Gasteiger partial charge in [0, 0.05) is 41.7 Å². The van der Waals surface area contributed by atoms with Gasteiger partial charge in [0.15, 0.2) is 5.13 Å². The fraction of sp³-hybridized carbons (Fsp3) is 0.333. The summed E-state index contributed by atoms with van der Waals surface area (Å²) in [5.74, 6) is -0.0782. The van der Waals surface area contributed by atoms with Crippen LogP contribution in [0.15, 0.2) is 47.4 Å². The van der Waals surface area contributed by atoms with Gasteiger partial charge in [0.1, 0.15) is 0 Å². The number of aromatic nitrogens is 1. The number of carbonyl (C=O) groups is 1. The number of para-hydroxylation sites is 1. The molecular formula is C21H23Cl2N3O2S2. The molecule has 1 amide bonds. The molecule has 1 fully saturated rings. The van der Waals surface area contributed by atoms with Crippen molar-refractivity contribution < 1.29 is 9.53 Å². The molecule has 0 aliphatic carbocycles. The lowest BCUT2D eigenvalue weighted by Crippen LogP contribution is -2.43. The van der Waals surface area contributed by atoms with E-state index < -0.39 is 0 Å². The number of thiazole rings is 1. The summed E-state index contributed by atoms with van der Waals surface area (Å²) in [5.41, 5.74) is 1.53. The summed E-state index contributed by atoms with van der Waals surface area (Å²) >= 11 is 9.35. The quantitative estimate of drug-likeness (QED) is 0.457. The maximum atomic E-state index is 13.4. The smallest absolute Gasteiger partial charge is 0.260 e. The first kappa shape index (κ1) is 23.3. The number of fused-ring (bicyclic) bond motifs is 1. The van der Waals surface area contributed by atoms with Crippen LogP contribution in [-0.4, -0.2) is 61.4 Å². The Hall–Kier alpha value is -1.35. The monoisotopic (exact) mass is 483 g/mol. The van der Waals surface area contributed by atoms with Crippen molar-refractivity contribution in [1.82, 2.24) is 9.88 Å². The van der Waals surface area contributed by atoms with Crippen LogP contribution in [0.4, 0.5) is 5.13 Å². The van der Waals surface area contributed by atoms with Crippen LogP contribution in [0, 0.1) is 0 Å². The van der Waals surface area contributed by atoms with Crippen LogP contribution in [0.5, 0.6) is 0 Å². The average molecular weight is 484 g/mol. The van der Waals surface area contributed by atoms with Crippen LogP contribution >= 0.6 is 47.1 Å². The highest BCUT2D eigenvalue weighted by molar-refractivity contribution is 7.98. The van der Waals surface area contributed by atoms with Gasteiger partial charge in [-0.3, -0.25) is 14.6 Å². The minimum atomic E-state index is -0.0782. The van der Waals surface area contributed by atoms with Crippen molar-refractivity contribution >= 4 is 68.4 Å². The number of amides is 1. The highest BCUT2D eigenvalue weighted by atomic mass is 35.5. The Morgan fingerprint density at radius 3 is 2.77 bits per heavy atom. The molecule has 2 heterocycles. The van der Waals surface area contributed by atoms with Gasteiger partial charge in [0.2, 0.25) is 0 Å². The van der Waals surface area contributed by atoms with Crippen LogP contribution in [0.3, 0.4) is 0 Å². The molecule has 5 nitrogen and oxygen atoms in total. The second-order valence-corrected chi connectivity index (χ2v) is 9.02. The van der Waals surface area contributed by atoms with Crippen LogP contribution < -0.4 is 4.90 Å². The van der Waals surface area contributed by atoms with Gasteiger partial charge in [0.25, 0.3) is 5.91 Å². The minimum Gasteiger partial charge on any atom is -0.379 e. The van der Waals surface area contributed by atoms with Crippen LogP contribution in [0.2, 0.25) is 5.02 Å². The standard InChI is InChI=1S/C21H22ClN3O2S2.ClH/c1-28-17-6-3-7-18-19(17)23-21(29-18)25(9-8-24-10-12-27-13-11-24)20(26)15-4-2-5-16(22)14-15;/h2-7,14H,8-13H2,1H3;1H. The van der Waals surface area contributed by atoms with Gasteiger partial charge >= 0.3 is 0 Å². The van der Waals surface area contributed by atoms with Gasteiger partial charge in [0.05, 0.1) is 23.4 Å². The normalized spacial score (nSPS) is 14.5. The number of carbonyl (C=O) groups excluding carboxylic acids is 1. The third kappa shape index (κ3) is 5.28. The fourth-order valence-electron chi connectivity index (χ4n) is 3.32. The summed E-state index contributed by atoms with van der Waals surface area (Å²) in [4.78, 5) is 23.5. The predicted molar refractivity (Wildman–Crippen MR) is 129 cm³/mol. The van der Waals surface area contributed by atoms with Crippen molar-refractivity contribution in [3.8, 4) is 0 Å². The Morgan fingerprint density at radius 1 is 1.27 bits per heavy atom. The highest BCUT2D eigenvalue weighted by Crippen LogP contribution is 2.34. The second-order valence-electron chi connectivity index (χ2n) is 6.72. The van der Waals surface area contributed by atoms with E-state index in [4.69, 9.17) is 21.3 Å². The van der Waals surface area contributed by atoms with Crippen molar-refractivity contribution in [2.24, 2.45) is 0 Å². The van der Waals surface area contributed by atoms with E-state index in [2.05, 4.69) is 17.0 Å². The number of benzene rings is 2. The van der Waals surface area contributed by atoms with Gasteiger partial charge < -0.3 is 4.74 Å². The predicted octanol–water partition coefficient (Wildman–Crippen LogP) is 5.07. The zero-order valence-electron chi connectivity index (χ0n) is 16.5. The molecule has 0 radical (unpaired) electrons. The maximum absolute atomic E-state index is 13.4. The second kappa shape index (κ2) is 10.8. The first-order chi connectivity index (χ1) is 14.2. The SMILES string of the molecule is CSc1cccc2sc(N(CCN3CCOCC3)C(=O)c3cccc(Cl)c3)nc12.Cl. The average Bonchev–Trinajstić information content (AvgIpc) is 3.18. The lowest BCUT2D eigenvalue weighted by Gasteiger charge is -2.29. The molecule has 0 spiro atoms. The first-order valence-corrected chi connectivity index (χ1v) is 11.9. The van der Waals surface area contributed by atoms with Crippen molar-refractivity contribution in [3.63, 3.8) is 0 Å². The number of nitrogens with zero attached hydrogens (tertiary/aromatic N) is 3. The largest absolute Gasteiger partial charge is 0.379 e. The van der Waals surface area contributed by atoms with E-state index in [-0.39, 0.29) is 18.3 Å².